The number of carbonyl (C=O) groups excluding carboxylic acids is 4. The molecule has 0 aromatic heterocycles. The van der Waals surface area contributed by atoms with Gasteiger partial charge in [-0.25, -0.2) is 0 Å². The summed E-state index contributed by atoms with van der Waals surface area (Å²) in [7, 11) is -3.04. The maximum atomic E-state index is 15.0. The van der Waals surface area contributed by atoms with Crippen LogP contribution in [0.25, 0.3) is 0 Å². The largest absolute Gasteiger partial charge is 0.432 e. The zero-order valence-electron chi connectivity index (χ0n) is 30.3. The molecular formula is C38H52N6O7Si. The van der Waals surface area contributed by atoms with Crippen LogP contribution < -0.4 is 26.2 Å². The number of benzene rings is 2. The van der Waals surface area contributed by atoms with Crippen molar-refractivity contribution in [2.24, 2.45) is 5.92 Å². The maximum Gasteiger partial charge on any atom is 0.264 e. The lowest BCUT2D eigenvalue weighted by atomic mass is 9.82. The van der Waals surface area contributed by atoms with E-state index in [1.165, 1.54) is 0 Å². The summed E-state index contributed by atoms with van der Waals surface area (Å²) in [4.78, 5) is 69.7. The molecule has 13 nitrogen and oxygen atoms in total. The zero-order valence-corrected chi connectivity index (χ0v) is 31.3. The first-order valence-electron chi connectivity index (χ1n) is 18.8. The minimum absolute atomic E-state index is 0.0137. The number of aliphatic hydroxyl groups excluding tert-OH is 1. The summed E-state index contributed by atoms with van der Waals surface area (Å²) >= 11 is 0. The van der Waals surface area contributed by atoms with E-state index in [9.17, 15) is 24.3 Å². The fraction of sp³-hybridized carbons (Fsp3) is 0.579. The maximum absolute atomic E-state index is 15.0. The molecule has 4 amide bonds. The van der Waals surface area contributed by atoms with E-state index in [2.05, 4.69) is 21.3 Å². The third-order valence-corrected chi connectivity index (χ3v) is 14.4. The molecule has 2 aromatic rings. The predicted octanol–water partition coefficient (Wildman–Crippen LogP) is 2.79. The summed E-state index contributed by atoms with van der Waals surface area (Å²) in [6.07, 6.45) is 4.23. The molecule has 0 radical (unpaired) electrons. The van der Waals surface area contributed by atoms with Crippen molar-refractivity contribution >= 4 is 49.0 Å². The number of likely N-dealkylation sites (tertiary alicyclic amines) is 1. The number of amides is 4. The highest BCUT2D eigenvalue weighted by Gasteiger charge is 2.66. The van der Waals surface area contributed by atoms with E-state index < -0.39 is 31.5 Å². The van der Waals surface area contributed by atoms with Gasteiger partial charge in [-0.05, 0) is 101 Å². The molecule has 7 rings (SSSR count). The number of ether oxygens (including phenoxy) is 1. The van der Waals surface area contributed by atoms with Crippen LogP contribution in [0.2, 0.25) is 18.6 Å². The van der Waals surface area contributed by atoms with Gasteiger partial charge in [0.25, 0.3) is 5.91 Å². The predicted molar refractivity (Wildman–Crippen MR) is 199 cm³/mol. The first-order chi connectivity index (χ1) is 24.9. The number of anilines is 3. The number of carbonyl (C=O) groups is 4. The van der Waals surface area contributed by atoms with Gasteiger partial charge < -0.3 is 45.7 Å². The van der Waals surface area contributed by atoms with Crippen molar-refractivity contribution in [2.45, 2.75) is 107 Å². The van der Waals surface area contributed by atoms with Gasteiger partial charge in [0.15, 0.2) is 13.9 Å². The number of hydrogen-bond donors (Lipinski definition) is 6. The third-order valence-electron chi connectivity index (χ3n) is 11.9. The van der Waals surface area contributed by atoms with Crippen LogP contribution in [0.1, 0.15) is 63.0 Å². The van der Waals surface area contributed by atoms with Crippen molar-refractivity contribution in [1.29, 1.82) is 0 Å². The van der Waals surface area contributed by atoms with Gasteiger partial charge in [0.2, 0.25) is 17.7 Å². The molecule has 2 aromatic carbocycles. The van der Waals surface area contributed by atoms with Crippen molar-refractivity contribution in [2.75, 3.05) is 41.8 Å². The second-order valence-electron chi connectivity index (χ2n) is 15.7. The normalized spacial score (nSPS) is 30.0. The molecule has 5 heterocycles. The van der Waals surface area contributed by atoms with Crippen molar-refractivity contribution in [1.82, 2.24) is 15.5 Å². The van der Waals surface area contributed by atoms with Gasteiger partial charge >= 0.3 is 0 Å². The average molecular weight is 733 g/mol. The number of aliphatic hydroxyl groups is 1. The van der Waals surface area contributed by atoms with E-state index in [0.29, 0.717) is 29.2 Å². The van der Waals surface area contributed by atoms with E-state index in [0.717, 1.165) is 57.2 Å². The van der Waals surface area contributed by atoms with Crippen LogP contribution in [0, 0.1) is 5.92 Å². The van der Waals surface area contributed by atoms with Gasteiger partial charge in [-0.15, -0.1) is 0 Å². The van der Waals surface area contributed by atoms with Crippen molar-refractivity contribution < 1.29 is 33.8 Å². The molecule has 4 fully saturated rings. The molecule has 0 aliphatic carbocycles. The number of fused-ring (bicyclic) bond motifs is 2. The summed E-state index contributed by atoms with van der Waals surface area (Å²) in [5.74, 6) is -1.14. The summed E-state index contributed by atoms with van der Waals surface area (Å²) in [5.41, 5.74) is 1.33. The zero-order chi connectivity index (χ0) is 36.8. The summed E-state index contributed by atoms with van der Waals surface area (Å²) in [5, 5.41) is 22.4. The fourth-order valence-electron chi connectivity index (χ4n) is 9.31. The Balaban J connectivity index is 1.20. The quantitative estimate of drug-likeness (QED) is 0.201. The number of nitrogens with zero attached hydrogens (tertiary/aromatic N) is 2. The topological polar surface area (TPSA) is 173 Å². The average Bonchev–Trinajstić information content (AvgIpc) is 3.96. The number of rotatable bonds is 10. The molecule has 5 aliphatic rings. The smallest absolute Gasteiger partial charge is 0.264 e. The van der Waals surface area contributed by atoms with Crippen LogP contribution in [0.4, 0.5) is 17.1 Å². The fourth-order valence-corrected chi connectivity index (χ4v) is 11.9. The Morgan fingerprint density at radius 1 is 0.942 bits per heavy atom. The highest BCUT2D eigenvalue weighted by atomic mass is 28.4. The van der Waals surface area contributed by atoms with E-state index >= 15 is 4.79 Å². The van der Waals surface area contributed by atoms with Gasteiger partial charge in [0.1, 0.15) is 0 Å². The molecule has 0 saturated carbocycles. The van der Waals surface area contributed by atoms with Crippen molar-refractivity contribution in [3.63, 3.8) is 0 Å². The Morgan fingerprint density at radius 2 is 1.58 bits per heavy atom. The molecule has 0 unspecified atom stereocenters. The minimum Gasteiger partial charge on any atom is -0.432 e. The monoisotopic (exact) mass is 732 g/mol. The lowest BCUT2D eigenvalue weighted by Crippen LogP contribution is -2.46. The van der Waals surface area contributed by atoms with E-state index in [4.69, 9.17) is 4.74 Å². The molecule has 4 saturated heterocycles. The van der Waals surface area contributed by atoms with Gasteiger partial charge in [0.05, 0.1) is 49.5 Å². The van der Waals surface area contributed by atoms with Gasteiger partial charge in [-0.1, -0.05) is 19.1 Å². The van der Waals surface area contributed by atoms with Crippen LogP contribution in [0.5, 0.6) is 0 Å². The molecule has 52 heavy (non-hydrogen) atoms. The van der Waals surface area contributed by atoms with Gasteiger partial charge in [-0.2, -0.15) is 0 Å². The molecular weight excluding hydrogens is 681 g/mol. The third kappa shape index (κ3) is 6.80. The van der Waals surface area contributed by atoms with Crippen LogP contribution >= 0.6 is 0 Å². The minimum atomic E-state index is -3.04. The Labute approximate surface area is 306 Å². The summed E-state index contributed by atoms with van der Waals surface area (Å²) in [6.45, 7) is 7.86. The SMILES string of the molecule is C[C@@H]1[C@@H]([Si](C)(C)O)[C@H](CC(=O)N2CCC[C@H]2CO)O[C@@]12C(=O)N(Cc1ccc(NC(=O)[C@H]3CCCN3)cc1)c1ccc(NC(=O)[C@H]3CCCN3)cc12. The Morgan fingerprint density at radius 3 is 2.17 bits per heavy atom. The lowest BCUT2D eigenvalue weighted by molar-refractivity contribution is -0.150. The molecule has 5 aliphatic heterocycles. The van der Waals surface area contributed by atoms with Crippen LogP contribution in [0.15, 0.2) is 42.5 Å². The first-order valence-corrected chi connectivity index (χ1v) is 21.9. The Bertz CT molecular complexity index is 1690. The number of hydrogen-bond acceptors (Lipinski definition) is 9. The van der Waals surface area contributed by atoms with Gasteiger partial charge in [0, 0.05) is 34.9 Å². The lowest BCUT2D eigenvalue weighted by Gasteiger charge is -2.33. The number of nitrogens with one attached hydrogen (secondary N) is 4. The van der Waals surface area contributed by atoms with Crippen LogP contribution in [0.3, 0.4) is 0 Å². The molecule has 7 atom stereocenters. The Hall–Kier alpha value is -3.66. The standard InChI is InChI=1S/C38H52N6O7Si/c1-23-34(52(2,3)50)32(20-33(46)43-18-6-7-27(43)22-45)51-38(23)28-19-26(42-36(48)30-9-5-17-40-30)14-15-31(28)44(37(38)49)21-24-10-12-25(13-11-24)41-35(47)29-8-4-16-39-29/h10-15,19,23,27,29-30,32,34,39-40,45,50H,4-9,16-18,20-22H2,1-3H3,(H,41,47)(H,42,48)/t23-,27+,29-,30-,32+,34-,38+/m1/s1. The highest BCUT2D eigenvalue weighted by Crippen LogP contribution is 2.60. The van der Waals surface area contributed by atoms with Crippen LogP contribution in [-0.4, -0.2) is 97.2 Å². The molecule has 6 N–H and O–H groups in total. The first kappa shape index (κ1) is 36.7. The summed E-state index contributed by atoms with van der Waals surface area (Å²) in [6, 6.07) is 12.2. The van der Waals surface area contributed by atoms with Crippen molar-refractivity contribution in [3.8, 4) is 0 Å². The Kier molecular flexibility index (Phi) is 10.3. The van der Waals surface area contributed by atoms with E-state index in [-0.39, 0.29) is 61.3 Å². The molecule has 0 bridgehead atoms. The molecule has 1 spiro atoms. The molecule has 280 valence electrons. The van der Waals surface area contributed by atoms with E-state index in [1.807, 2.05) is 56.4 Å². The summed E-state index contributed by atoms with van der Waals surface area (Å²) < 4.78 is 6.93. The second kappa shape index (κ2) is 14.6. The van der Waals surface area contributed by atoms with Crippen LogP contribution in [-0.2, 0) is 36.1 Å². The second-order valence-corrected chi connectivity index (χ2v) is 19.7. The molecule has 14 heteroatoms. The highest BCUT2D eigenvalue weighted by molar-refractivity contribution is 6.71. The van der Waals surface area contributed by atoms with Gasteiger partial charge in [-0.3, -0.25) is 19.2 Å². The van der Waals surface area contributed by atoms with E-state index in [1.54, 1.807) is 15.9 Å². The van der Waals surface area contributed by atoms with Crippen molar-refractivity contribution in [3.05, 3.63) is 53.6 Å².